The number of hydrogen-bond donors (Lipinski definition) is 1. The monoisotopic (exact) mass is 610 g/mol. The highest BCUT2D eigenvalue weighted by Crippen LogP contribution is 2.60. The Labute approximate surface area is 228 Å². The molecule has 0 radical (unpaired) electrons. The molecular formula is C30H28Br2O4. The molecule has 0 saturated heterocycles. The summed E-state index contributed by atoms with van der Waals surface area (Å²) in [5, 5.41) is 10.3. The standard InChI is InChI=1S/C30H28Br2O4/c31-22-15-7-4-13-20(22)25-27(29(33)34)26(21-14-5-8-16-23(21)32)28(25)30(35)36-24-17-9-6-12-19(24)18-10-2-1-3-11-18/h1-5,7-8,10-11,13-16,19,24-28H,6,9,12,17H2,(H,33,34)/t19-,24?,25-,26-,27?,28?/m0/s1. The van der Waals surface area contributed by atoms with E-state index in [4.69, 9.17) is 4.74 Å². The Morgan fingerprint density at radius 3 is 1.81 bits per heavy atom. The first-order valence-corrected chi connectivity index (χ1v) is 14.0. The predicted octanol–water partition coefficient (Wildman–Crippen LogP) is 7.68. The van der Waals surface area contributed by atoms with Gasteiger partial charge in [0.1, 0.15) is 6.10 Å². The fraction of sp³-hybridized carbons (Fsp3) is 0.333. The van der Waals surface area contributed by atoms with Crippen LogP contribution >= 0.6 is 31.9 Å². The molecule has 3 aromatic rings. The summed E-state index contributed by atoms with van der Waals surface area (Å²) in [7, 11) is 0. The van der Waals surface area contributed by atoms with Crippen LogP contribution in [0.25, 0.3) is 0 Å². The third-order valence-corrected chi connectivity index (χ3v) is 9.28. The molecule has 6 heteroatoms. The highest BCUT2D eigenvalue weighted by atomic mass is 79.9. The van der Waals surface area contributed by atoms with Gasteiger partial charge in [-0.05, 0) is 48.1 Å². The van der Waals surface area contributed by atoms with Crippen molar-refractivity contribution in [2.24, 2.45) is 11.8 Å². The number of carboxylic acids is 1. The number of carbonyl (C=O) groups excluding carboxylic acids is 1. The smallest absolute Gasteiger partial charge is 0.310 e. The molecule has 0 aliphatic heterocycles. The Balaban J connectivity index is 1.51. The van der Waals surface area contributed by atoms with Crippen LogP contribution in [-0.2, 0) is 14.3 Å². The van der Waals surface area contributed by atoms with Crippen LogP contribution in [0.4, 0.5) is 0 Å². The topological polar surface area (TPSA) is 63.6 Å². The second kappa shape index (κ2) is 10.9. The number of carbonyl (C=O) groups is 2. The minimum atomic E-state index is -0.902. The van der Waals surface area contributed by atoms with Gasteiger partial charge >= 0.3 is 11.9 Å². The summed E-state index contributed by atoms with van der Waals surface area (Å²) in [5.41, 5.74) is 2.86. The Morgan fingerprint density at radius 2 is 1.25 bits per heavy atom. The van der Waals surface area contributed by atoms with Gasteiger partial charge in [-0.15, -0.1) is 0 Å². The quantitative estimate of drug-likeness (QED) is 0.290. The first-order valence-electron chi connectivity index (χ1n) is 12.4. The molecular weight excluding hydrogens is 584 g/mol. The Morgan fingerprint density at radius 1 is 0.722 bits per heavy atom. The van der Waals surface area contributed by atoms with Crippen molar-refractivity contribution in [3.05, 3.63) is 104 Å². The van der Waals surface area contributed by atoms with Crippen LogP contribution < -0.4 is 0 Å². The third-order valence-electron chi connectivity index (χ3n) is 7.83. The number of aliphatic carboxylic acids is 1. The van der Waals surface area contributed by atoms with Gasteiger partial charge in [0.15, 0.2) is 0 Å². The molecule has 36 heavy (non-hydrogen) atoms. The molecule has 0 heterocycles. The lowest BCUT2D eigenvalue weighted by molar-refractivity contribution is -0.170. The van der Waals surface area contributed by atoms with Gasteiger partial charge in [-0.1, -0.05) is 105 Å². The minimum absolute atomic E-state index is 0.156. The first-order chi connectivity index (χ1) is 17.5. The fourth-order valence-corrected chi connectivity index (χ4v) is 7.26. The summed E-state index contributed by atoms with van der Waals surface area (Å²) in [6, 6.07) is 25.4. The van der Waals surface area contributed by atoms with Crippen LogP contribution in [0.5, 0.6) is 0 Å². The van der Waals surface area contributed by atoms with Crippen LogP contribution in [0.15, 0.2) is 87.8 Å². The highest BCUT2D eigenvalue weighted by molar-refractivity contribution is 9.10. The van der Waals surface area contributed by atoms with Gasteiger partial charge in [-0.3, -0.25) is 9.59 Å². The van der Waals surface area contributed by atoms with Crippen molar-refractivity contribution in [3.8, 4) is 0 Å². The van der Waals surface area contributed by atoms with Crippen LogP contribution in [0, 0.1) is 11.8 Å². The lowest BCUT2D eigenvalue weighted by Crippen LogP contribution is -2.52. The number of benzene rings is 3. The van der Waals surface area contributed by atoms with E-state index in [9.17, 15) is 14.7 Å². The number of hydrogen-bond acceptors (Lipinski definition) is 3. The molecule has 0 bridgehead atoms. The van der Waals surface area contributed by atoms with E-state index < -0.39 is 29.6 Å². The number of rotatable bonds is 6. The van der Waals surface area contributed by atoms with Gasteiger partial charge in [0, 0.05) is 26.7 Å². The van der Waals surface area contributed by atoms with Crippen molar-refractivity contribution < 1.29 is 19.4 Å². The zero-order valence-electron chi connectivity index (χ0n) is 19.7. The summed E-state index contributed by atoms with van der Waals surface area (Å²) < 4.78 is 7.93. The summed E-state index contributed by atoms with van der Waals surface area (Å²) in [5.74, 6) is -3.36. The van der Waals surface area contributed by atoms with Crippen molar-refractivity contribution in [2.45, 2.75) is 49.5 Å². The van der Waals surface area contributed by atoms with E-state index in [2.05, 4.69) is 44.0 Å². The fourth-order valence-electron chi connectivity index (χ4n) is 6.16. The van der Waals surface area contributed by atoms with Gasteiger partial charge in [0.2, 0.25) is 0 Å². The van der Waals surface area contributed by atoms with Crippen molar-refractivity contribution in [2.75, 3.05) is 0 Å². The second-order valence-corrected chi connectivity index (χ2v) is 11.5. The van der Waals surface area contributed by atoms with Gasteiger partial charge in [-0.25, -0.2) is 0 Å². The van der Waals surface area contributed by atoms with E-state index in [1.807, 2.05) is 66.7 Å². The van der Waals surface area contributed by atoms with Crippen LogP contribution in [0.3, 0.4) is 0 Å². The van der Waals surface area contributed by atoms with Crippen molar-refractivity contribution in [1.29, 1.82) is 0 Å². The van der Waals surface area contributed by atoms with Gasteiger partial charge < -0.3 is 9.84 Å². The van der Waals surface area contributed by atoms with Crippen molar-refractivity contribution >= 4 is 43.8 Å². The summed E-state index contributed by atoms with van der Waals surface area (Å²) in [6.07, 6.45) is 3.71. The maximum atomic E-state index is 14.0. The molecule has 1 N–H and O–H groups in total. The number of esters is 1. The number of halogens is 2. The largest absolute Gasteiger partial charge is 0.481 e. The molecule has 2 aliphatic carbocycles. The van der Waals surface area contributed by atoms with Gasteiger partial charge in [0.25, 0.3) is 0 Å². The predicted molar refractivity (Wildman–Crippen MR) is 146 cm³/mol. The van der Waals surface area contributed by atoms with E-state index in [0.717, 1.165) is 45.8 Å². The molecule has 2 saturated carbocycles. The van der Waals surface area contributed by atoms with Crippen LogP contribution in [0.2, 0.25) is 0 Å². The normalized spacial score (nSPS) is 27.6. The number of carboxylic acid groups (broad SMARTS) is 1. The van der Waals surface area contributed by atoms with Crippen LogP contribution in [0.1, 0.15) is 60.1 Å². The molecule has 5 rings (SSSR count). The van der Waals surface area contributed by atoms with Crippen LogP contribution in [-0.4, -0.2) is 23.1 Å². The maximum Gasteiger partial charge on any atom is 0.310 e. The molecule has 4 atom stereocenters. The molecule has 4 nitrogen and oxygen atoms in total. The first kappa shape index (κ1) is 25.2. The molecule has 186 valence electrons. The molecule has 0 amide bonds. The Bertz CT molecular complexity index is 1190. The average Bonchev–Trinajstić information content (AvgIpc) is 2.86. The SMILES string of the molecule is O=C(O)C1[C@H](c2ccccc2Br)C(C(=O)OC2CCCC[C@H]2c2ccccc2)[C@H]1c1ccccc1Br. The zero-order valence-corrected chi connectivity index (χ0v) is 22.9. The van der Waals surface area contributed by atoms with Gasteiger partial charge in [-0.2, -0.15) is 0 Å². The lowest BCUT2D eigenvalue weighted by Gasteiger charge is -2.50. The third kappa shape index (κ3) is 4.78. The van der Waals surface area contributed by atoms with E-state index in [0.29, 0.717) is 0 Å². The summed E-state index contributed by atoms with van der Waals surface area (Å²) >= 11 is 7.20. The number of ether oxygens (including phenoxy) is 1. The van der Waals surface area contributed by atoms with E-state index >= 15 is 0 Å². The Kier molecular flexibility index (Phi) is 7.63. The minimum Gasteiger partial charge on any atom is -0.481 e. The highest BCUT2D eigenvalue weighted by Gasteiger charge is 2.60. The van der Waals surface area contributed by atoms with E-state index in [-0.39, 0.29) is 18.0 Å². The maximum absolute atomic E-state index is 14.0. The molecule has 2 aliphatic rings. The van der Waals surface area contributed by atoms with Gasteiger partial charge in [0.05, 0.1) is 11.8 Å². The molecule has 3 aromatic carbocycles. The zero-order chi connectivity index (χ0) is 25.2. The van der Waals surface area contributed by atoms with E-state index in [1.54, 1.807) is 0 Å². The average molecular weight is 612 g/mol. The summed E-state index contributed by atoms with van der Waals surface area (Å²) in [6.45, 7) is 0. The second-order valence-electron chi connectivity index (χ2n) is 9.76. The van der Waals surface area contributed by atoms with E-state index in [1.165, 1.54) is 5.56 Å². The molecule has 0 aromatic heterocycles. The Hall–Kier alpha value is -2.44. The molecule has 2 fully saturated rings. The summed E-state index contributed by atoms with van der Waals surface area (Å²) in [4.78, 5) is 26.6. The lowest BCUT2D eigenvalue weighted by atomic mass is 9.52. The molecule has 1 unspecified atom stereocenters. The van der Waals surface area contributed by atoms with Crippen molar-refractivity contribution in [1.82, 2.24) is 0 Å². The van der Waals surface area contributed by atoms with Crippen molar-refractivity contribution in [3.63, 3.8) is 0 Å². The molecule has 0 spiro atoms.